The molecule has 31 aliphatic rings. The number of ether oxygens (including phenoxy) is 20. The number of hydrogen-bond acceptors (Lipinski definition) is 44. The van der Waals surface area contributed by atoms with E-state index in [2.05, 4.69) is 19.9 Å². The molecule has 1 aromatic rings. The fourth-order valence-corrected chi connectivity index (χ4v) is 14.9. The Morgan fingerprint density at radius 2 is 0.523 bits per heavy atom. The van der Waals surface area contributed by atoms with E-state index in [0.717, 1.165) is 43.8 Å². The normalized spacial score (nSPS) is 46.4. The van der Waals surface area contributed by atoms with E-state index in [1.54, 1.807) is 0 Å². The first-order valence-electron chi connectivity index (χ1n) is 37.0. The number of fused-ring (bicyclic) bond motifs is 1. The molecule has 0 spiro atoms. The van der Waals surface area contributed by atoms with Crippen molar-refractivity contribution in [1.29, 1.82) is 0 Å². The van der Waals surface area contributed by atoms with Gasteiger partial charge in [-0.25, -0.2) is 0 Å². The summed E-state index contributed by atoms with van der Waals surface area (Å²) in [5.74, 6) is -0.0960. The number of benzene rings is 1. The number of aliphatic hydroxyl groups excluding tert-OH is 24. The van der Waals surface area contributed by atoms with Crippen molar-refractivity contribution in [3.05, 3.63) is 23.3 Å². The Balaban J connectivity index is 0.000000463. The van der Waals surface area contributed by atoms with Gasteiger partial charge in [-0.05, 0) is 36.1 Å². The van der Waals surface area contributed by atoms with E-state index in [0.29, 0.717) is 39.8 Å². The van der Waals surface area contributed by atoms with E-state index in [9.17, 15) is 123 Å². The van der Waals surface area contributed by atoms with Crippen molar-refractivity contribution in [2.45, 2.75) is 285 Å². The van der Waals surface area contributed by atoms with Crippen LogP contribution >= 0.6 is 0 Å². The molecular formula is C67H110O44. The summed E-state index contributed by atoms with van der Waals surface area (Å²) in [5.41, 5.74) is 2.44. The van der Waals surface area contributed by atoms with Gasteiger partial charge in [-0.2, -0.15) is 0 Å². The number of hydrogen-bond donors (Lipinski definition) is 24. The first-order chi connectivity index (χ1) is 53.3. The highest BCUT2D eigenvalue weighted by molar-refractivity contribution is 5.48. The van der Waals surface area contributed by atoms with E-state index in [1.165, 1.54) is 11.1 Å². The third-order valence-corrected chi connectivity index (χ3v) is 21.0. The lowest BCUT2D eigenvalue weighted by Gasteiger charge is -2.52. The summed E-state index contributed by atoms with van der Waals surface area (Å²) in [7, 11) is 0. The van der Waals surface area contributed by atoms with E-state index >= 15 is 0 Å². The first kappa shape index (κ1) is 90.5. The van der Waals surface area contributed by atoms with Gasteiger partial charge in [-0.3, -0.25) is 0 Å². The fraction of sp³-hybridized carbons (Fsp3) is 0.910. The van der Waals surface area contributed by atoms with Crippen LogP contribution in [-0.4, -0.2) is 455 Å². The van der Waals surface area contributed by atoms with Crippen LogP contribution in [-0.2, 0) is 98.3 Å². The maximum Gasteiger partial charge on any atom is 0.231 e. The molecule has 16 bridgehead atoms. The molecule has 44 heteroatoms. The topological polar surface area (TPSA) is 670 Å². The Labute approximate surface area is 634 Å². The van der Waals surface area contributed by atoms with Crippen molar-refractivity contribution in [2.24, 2.45) is 5.92 Å². The first-order valence-corrected chi connectivity index (χ1v) is 37.0. The Hall–Kier alpha value is -2.86. The van der Waals surface area contributed by atoms with Crippen LogP contribution in [0.4, 0.5) is 0 Å². The van der Waals surface area contributed by atoms with Gasteiger partial charge in [0.2, 0.25) is 6.79 Å². The summed E-state index contributed by atoms with van der Waals surface area (Å²) in [6, 6.07) is 4.12. The highest BCUT2D eigenvalue weighted by atomic mass is 16.8. The average molecular weight is 1620 g/mol. The summed E-state index contributed by atoms with van der Waals surface area (Å²) in [6.45, 7) is -0.158. The van der Waals surface area contributed by atoms with Crippen LogP contribution in [0.25, 0.3) is 0 Å². The minimum atomic E-state index is -2.25. The molecule has 5 unspecified atom stereocenters. The van der Waals surface area contributed by atoms with E-state index in [1.807, 2.05) is 6.07 Å². The monoisotopic (exact) mass is 1620 g/mol. The number of rotatable bonds is 21. The van der Waals surface area contributed by atoms with Gasteiger partial charge in [0.15, 0.2) is 55.5 Å². The smallest absolute Gasteiger partial charge is 0.231 e. The van der Waals surface area contributed by atoms with Gasteiger partial charge in [0, 0.05) is 12.5 Å². The van der Waals surface area contributed by atoms with Gasteiger partial charge >= 0.3 is 0 Å². The van der Waals surface area contributed by atoms with Crippen LogP contribution in [0.2, 0.25) is 0 Å². The van der Waals surface area contributed by atoms with Crippen molar-refractivity contribution >= 4 is 0 Å². The molecular weight excluding hydrogens is 1510 g/mol. The van der Waals surface area contributed by atoms with Crippen molar-refractivity contribution in [3.8, 4) is 11.5 Å². The Kier molecular flexibility index (Phi) is 34.0. The van der Waals surface area contributed by atoms with Gasteiger partial charge in [0.25, 0.3) is 0 Å². The average Bonchev–Trinajstić information content (AvgIpc) is 1.40. The Bertz CT molecular complexity index is 2890. The second-order valence-corrected chi connectivity index (χ2v) is 28.4. The zero-order valence-corrected chi connectivity index (χ0v) is 60.6. The number of aryl methyl sites for hydroxylation is 1. The molecule has 31 heterocycles. The molecule has 642 valence electrons. The Morgan fingerprint density at radius 1 is 0.270 bits per heavy atom. The molecule has 0 aromatic heterocycles. The number of unbranched alkanes of at least 4 members (excludes halogenated alkanes) is 1. The summed E-state index contributed by atoms with van der Waals surface area (Å²) in [6.07, 6.45) is -75.3. The minimum absolute atomic E-state index is 0.305. The molecule has 0 aliphatic carbocycles. The third-order valence-electron chi connectivity index (χ3n) is 21.0. The Morgan fingerprint density at radius 3 is 0.820 bits per heavy atom. The molecule has 40 atom stereocenters. The standard InChI is InChI=1S/C48H80O39.C19H30O5/c49-1-9-17-18(57)27(66)42(74-9)82-35-11(3-51)76-44(29(68)21(35)60)84-37-13(5-53)78-46(31(70)23(37)62)86-39-15(7-55)80-48(33(72)25(39)64)87-40-16(8-56)79-47(32(71)26(40)65)85-38-14(6-54)77-45(30(69)24(38)63)83-36-12(4-52)75-43(28(67)22(36)61)81-34-10(2-50)73-41(17)20(59)19(34)58;1-3-5-7-20-8-9-21-10-11-22-14-17-13-19-18(23-15-24-19)12-16(17)6-4-2/h9-72H,1-8H2;12-13H,3-11,14-15H2,1-2H3/t9-,10-,11-,12-,13-,14-,15-,16-,17?,18+,19-,20-,21-,22-,23-,24-,25-,26-,27-,28-,29-,30-,31-,32-,33-,34?,35-,36-,37-,38-,39-,40-,41?,42?,43?,44-,45-,46-,47-,48-;/m1./s1. The third kappa shape index (κ3) is 20.2. The maximum atomic E-state index is 11.6. The van der Waals surface area contributed by atoms with E-state index in [-0.39, 0.29) is 0 Å². The molecule has 24 N–H and O–H groups in total. The largest absolute Gasteiger partial charge is 0.454 e. The molecule has 31 aliphatic heterocycles. The highest BCUT2D eigenvalue weighted by Gasteiger charge is 2.62. The highest BCUT2D eigenvalue weighted by Crippen LogP contribution is 2.43. The van der Waals surface area contributed by atoms with Crippen molar-refractivity contribution in [1.82, 2.24) is 0 Å². The molecule has 32 rings (SSSR count). The van der Waals surface area contributed by atoms with Gasteiger partial charge < -0.3 is 217 Å². The van der Waals surface area contributed by atoms with Gasteiger partial charge in [-0.1, -0.05) is 26.7 Å². The van der Waals surface area contributed by atoms with Crippen LogP contribution in [0.3, 0.4) is 0 Å². The second kappa shape index (κ2) is 41.7. The molecule has 30 saturated heterocycles. The van der Waals surface area contributed by atoms with Gasteiger partial charge in [-0.15, -0.1) is 0 Å². The molecule has 44 nitrogen and oxygen atoms in total. The van der Waals surface area contributed by atoms with Crippen molar-refractivity contribution < 1.29 is 217 Å². The molecule has 30 fully saturated rings. The second-order valence-electron chi connectivity index (χ2n) is 28.4. The number of aliphatic hydroxyl groups is 24. The van der Waals surface area contributed by atoms with Crippen molar-refractivity contribution in [2.75, 3.05) is 92.7 Å². The van der Waals surface area contributed by atoms with Crippen LogP contribution in [0.15, 0.2) is 12.1 Å². The lowest BCUT2D eigenvalue weighted by molar-refractivity contribution is -0.398. The molecule has 0 radical (unpaired) electrons. The zero-order valence-electron chi connectivity index (χ0n) is 60.6. The fourth-order valence-electron chi connectivity index (χ4n) is 14.9. The lowest BCUT2D eigenvalue weighted by atomic mass is 9.78. The van der Waals surface area contributed by atoms with Crippen LogP contribution in [0.1, 0.15) is 44.2 Å². The summed E-state index contributed by atoms with van der Waals surface area (Å²) >= 11 is 0. The minimum Gasteiger partial charge on any atom is -0.454 e. The molecule has 0 amide bonds. The van der Waals surface area contributed by atoms with Crippen LogP contribution < -0.4 is 9.47 Å². The molecule has 0 saturated carbocycles. The predicted octanol–water partition coefficient (Wildman–Crippen LogP) is -13.4. The van der Waals surface area contributed by atoms with Gasteiger partial charge in [0.05, 0.1) is 104 Å². The van der Waals surface area contributed by atoms with Crippen molar-refractivity contribution in [3.63, 3.8) is 0 Å². The summed E-state index contributed by atoms with van der Waals surface area (Å²) in [4.78, 5) is 0. The lowest BCUT2D eigenvalue weighted by Crippen LogP contribution is -2.70. The molecule has 111 heavy (non-hydrogen) atoms. The SMILES string of the molecule is CCCCOCCOCCOCc1cc2c(cc1CCC)OCO2.OC[C@H]1OC2C3[C@@H](CO)OC(O[C@H]4[C@H](O)[C@@H](O)[C@@H](O[C@H]5[C@H](O)[C@@H](O)[C@@H](O[C@H]6[C@H](O)[C@@H](O)[C@@H](O[C@H]7[C@H](O)[C@@H](O)[C@@H](O[C@H]8[C@H](O)[C@@H](O)[C@@H](O[C@H]9[C@H](O)[C@@H](O)C(OC1[C@H](O)[C@H]2O)O[C@@H]9CO)O[C@@H]8CO)O[C@@H]7CO)O[C@@H]6CO)O[C@@H]5CO)O[C@@H]4CO)[C@H](O)[C@H]3O. The van der Waals surface area contributed by atoms with E-state index in [4.69, 9.17) is 94.7 Å². The zero-order chi connectivity index (χ0) is 80.4. The van der Waals surface area contributed by atoms with Gasteiger partial charge in [0.1, 0.15) is 177 Å². The quantitative estimate of drug-likeness (QED) is 0.0508. The summed E-state index contributed by atoms with van der Waals surface area (Å²) < 4.78 is 113. The molecule has 1 aromatic carbocycles. The maximum absolute atomic E-state index is 11.6. The van der Waals surface area contributed by atoms with Crippen LogP contribution in [0, 0.1) is 5.92 Å². The summed E-state index contributed by atoms with van der Waals surface area (Å²) in [5, 5.41) is 266. The van der Waals surface area contributed by atoms with Crippen LogP contribution in [0.5, 0.6) is 11.5 Å². The van der Waals surface area contributed by atoms with E-state index < -0.39 is 298 Å². The predicted molar refractivity (Wildman–Crippen MR) is 352 cm³/mol.